The van der Waals surface area contributed by atoms with Gasteiger partial charge in [-0.1, -0.05) is 31.9 Å². The second-order valence-electron chi connectivity index (χ2n) is 3.93. The highest BCUT2D eigenvalue weighted by Crippen LogP contribution is 2.25. The van der Waals surface area contributed by atoms with Gasteiger partial charge in [-0.3, -0.25) is 0 Å². The number of ether oxygens (including phenoxy) is 1. The third-order valence-corrected chi connectivity index (χ3v) is 3.63. The Morgan fingerprint density at radius 2 is 1.79 bits per heavy atom. The minimum Gasteiger partial charge on any atom is -0.496 e. The van der Waals surface area contributed by atoms with Crippen molar-refractivity contribution in [2.24, 2.45) is 0 Å². The standard InChI is InChI=1S/C14H12Br2FNO/c1-19-14-5-3-10(15)6-9(14)8-18-13-7-11(16)2-4-12(13)17/h2-7,18H,8H2,1H3. The van der Waals surface area contributed by atoms with E-state index in [-0.39, 0.29) is 5.82 Å². The van der Waals surface area contributed by atoms with Crippen LogP contribution in [0, 0.1) is 5.82 Å². The number of nitrogens with one attached hydrogen (secondary N) is 1. The van der Waals surface area contributed by atoms with E-state index in [2.05, 4.69) is 37.2 Å². The van der Waals surface area contributed by atoms with Crippen molar-refractivity contribution in [2.75, 3.05) is 12.4 Å². The second kappa shape index (κ2) is 6.39. The summed E-state index contributed by atoms with van der Waals surface area (Å²) in [7, 11) is 1.62. The first-order valence-electron chi connectivity index (χ1n) is 5.61. The van der Waals surface area contributed by atoms with Gasteiger partial charge in [0.25, 0.3) is 0 Å². The lowest BCUT2D eigenvalue weighted by atomic mass is 10.2. The quantitative estimate of drug-likeness (QED) is 0.798. The van der Waals surface area contributed by atoms with Crippen molar-refractivity contribution < 1.29 is 9.13 Å². The summed E-state index contributed by atoms with van der Waals surface area (Å²) in [5, 5.41) is 3.07. The highest BCUT2D eigenvalue weighted by molar-refractivity contribution is 9.10. The maximum absolute atomic E-state index is 13.6. The van der Waals surface area contributed by atoms with Crippen LogP contribution >= 0.6 is 31.9 Å². The highest BCUT2D eigenvalue weighted by Gasteiger charge is 2.06. The lowest BCUT2D eigenvalue weighted by molar-refractivity contribution is 0.410. The van der Waals surface area contributed by atoms with Gasteiger partial charge in [0.1, 0.15) is 11.6 Å². The molecule has 0 aromatic heterocycles. The first-order valence-corrected chi connectivity index (χ1v) is 7.20. The van der Waals surface area contributed by atoms with Crippen molar-refractivity contribution in [3.05, 3.63) is 56.7 Å². The molecule has 0 aliphatic carbocycles. The number of methoxy groups -OCH3 is 1. The molecule has 0 aliphatic rings. The minimum absolute atomic E-state index is 0.280. The monoisotopic (exact) mass is 387 g/mol. The zero-order chi connectivity index (χ0) is 13.8. The van der Waals surface area contributed by atoms with Gasteiger partial charge in [0.2, 0.25) is 0 Å². The fourth-order valence-electron chi connectivity index (χ4n) is 1.71. The maximum atomic E-state index is 13.6. The molecule has 2 aromatic carbocycles. The summed E-state index contributed by atoms with van der Waals surface area (Å²) in [6.45, 7) is 0.482. The number of halogens is 3. The largest absolute Gasteiger partial charge is 0.496 e. The Kier molecular flexibility index (Phi) is 4.82. The molecule has 0 spiro atoms. The summed E-state index contributed by atoms with van der Waals surface area (Å²) in [5.41, 5.74) is 1.41. The SMILES string of the molecule is COc1ccc(Br)cc1CNc1cc(Br)ccc1F. The van der Waals surface area contributed by atoms with E-state index in [1.807, 2.05) is 18.2 Å². The van der Waals surface area contributed by atoms with Crippen LogP contribution in [0.3, 0.4) is 0 Å². The summed E-state index contributed by atoms with van der Waals surface area (Å²) in [6, 6.07) is 10.5. The molecule has 2 aromatic rings. The first kappa shape index (κ1) is 14.3. The molecular formula is C14H12Br2FNO. The highest BCUT2D eigenvalue weighted by atomic mass is 79.9. The van der Waals surface area contributed by atoms with Gasteiger partial charge in [-0.15, -0.1) is 0 Å². The Labute approximate surface area is 128 Å². The zero-order valence-electron chi connectivity index (χ0n) is 10.2. The van der Waals surface area contributed by atoms with Crippen LogP contribution in [-0.2, 0) is 6.54 Å². The molecule has 0 aliphatic heterocycles. The van der Waals surface area contributed by atoms with Crippen LogP contribution in [0.15, 0.2) is 45.3 Å². The molecular weight excluding hydrogens is 377 g/mol. The molecule has 0 amide bonds. The maximum Gasteiger partial charge on any atom is 0.146 e. The van der Waals surface area contributed by atoms with E-state index in [1.165, 1.54) is 6.07 Å². The van der Waals surface area contributed by atoms with E-state index in [0.717, 1.165) is 20.3 Å². The molecule has 5 heteroatoms. The van der Waals surface area contributed by atoms with Crippen LogP contribution in [0.4, 0.5) is 10.1 Å². The van der Waals surface area contributed by atoms with Crippen molar-refractivity contribution in [2.45, 2.75) is 6.54 Å². The van der Waals surface area contributed by atoms with Gasteiger partial charge in [0.15, 0.2) is 0 Å². The molecule has 2 nitrogen and oxygen atoms in total. The predicted molar refractivity (Wildman–Crippen MR) is 82.1 cm³/mol. The number of anilines is 1. The van der Waals surface area contributed by atoms with Gasteiger partial charge in [-0.25, -0.2) is 4.39 Å². The van der Waals surface area contributed by atoms with Crippen LogP contribution in [0.2, 0.25) is 0 Å². The van der Waals surface area contributed by atoms with Crippen molar-refractivity contribution in [3.8, 4) is 5.75 Å². The second-order valence-corrected chi connectivity index (χ2v) is 5.77. The Bertz CT molecular complexity index is 590. The molecule has 0 radical (unpaired) electrons. The van der Waals surface area contributed by atoms with E-state index < -0.39 is 0 Å². The van der Waals surface area contributed by atoms with Crippen LogP contribution in [0.5, 0.6) is 5.75 Å². The molecule has 0 saturated carbocycles. The Morgan fingerprint density at radius 1 is 1.11 bits per heavy atom. The number of hydrogen-bond donors (Lipinski definition) is 1. The topological polar surface area (TPSA) is 21.3 Å². The summed E-state index contributed by atoms with van der Waals surface area (Å²) >= 11 is 6.74. The third kappa shape index (κ3) is 3.70. The van der Waals surface area contributed by atoms with E-state index in [9.17, 15) is 4.39 Å². The first-order chi connectivity index (χ1) is 9.10. The normalized spacial score (nSPS) is 10.3. The average molecular weight is 389 g/mol. The van der Waals surface area contributed by atoms with Crippen LogP contribution in [0.1, 0.15) is 5.56 Å². The molecule has 0 heterocycles. The van der Waals surface area contributed by atoms with E-state index in [1.54, 1.807) is 19.2 Å². The number of rotatable bonds is 4. The summed E-state index contributed by atoms with van der Waals surface area (Å²) in [5.74, 6) is 0.489. The molecule has 1 N–H and O–H groups in total. The van der Waals surface area contributed by atoms with Crippen molar-refractivity contribution in [1.82, 2.24) is 0 Å². The summed E-state index contributed by atoms with van der Waals surface area (Å²) in [4.78, 5) is 0. The molecule has 0 fully saturated rings. The van der Waals surface area contributed by atoms with Crippen LogP contribution < -0.4 is 10.1 Å². The van der Waals surface area contributed by atoms with Gasteiger partial charge in [-0.2, -0.15) is 0 Å². The lowest BCUT2D eigenvalue weighted by Crippen LogP contribution is -2.03. The Balaban J connectivity index is 2.18. The van der Waals surface area contributed by atoms with Gasteiger partial charge in [0.05, 0.1) is 12.8 Å². The molecule has 19 heavy (non-hydrogen) atoms. The molecule has 0 atom stereocenters. The third-order valence-electron chi connectivity index (χ3n) is 2.64. The number of hydrogen-bond acceptors (Lipinski definition) is 2. The predicted octanol–water partition coefficient (Wildman–Crippen LogP) is 4.97. The Hall–Kier alpha value is -1.07. The summed E-state index contributed by atoms with van der Waals surface area (Å²) in [6.07, 6.45) is 0. The van der Waals surface area contributed by atoms with Crippen molar-refractivity contribution in [3.63, 3.8) is 0 Å². The minimum atomic E-state index is -0.280. The summed E-state index contributed by atoms with van der Waals surface area (Å²) < 4.78 is 20.7. The molecule has 100 valence electrons. The van der Waals surface area contributed by atoms with Crippen LogP contribution in [-0.4, -0.2) is 7.11 Å². The fraction of sp³-hybridized carbons (Fsp3) is 0.143. The molecule has 0 bridgehead atoms. The molecule has 0 saturated heterocycles. The number of benzene rings is 2. The van der Waals surface area contributed by atoms with Crippen molar-refractivity contribution in [1.29, 1.82) is 0 Å². The van der Waals surface area contributed by atoms with Crippen molar-refractivity contribution >= 4 is 37.5 Å². The smallest absolute Gasteiger partial charge is 0.146 e. The van der Waals surface area contributed by atoms with E-state index in [0.29, 0.717) is 12.2 Å². The molecule has 2 rings (SSSR count). The lowest BCUT2D eigenvalue weighted by Gasteiger charge is -2.12. The zero-order valence-corrected chi connectivity index (χ0v) is 13.4. The van der Waals surface area contributed by atoms with Gasteiger partial charge < -0.3 is 10.1 Å². The van der Waals surface area contributed by atoms with E-state index >= 15 is 0 Å². The van der Waals surface area contributed by atoms with Gasteiger partial charge in [0, 0.05) is 21.1 Å². The van der Waals surface area contributed by atoms with Gasteiger partial charge >= 0.3 is 0 Å². The van der Waals surface area contributed by atoms with E-state index in [4.69, 9.17) is 4.74 Å². The average Bonchev–Trinajstić information content (AvgIpc) is 2.40. The van der Waals surface area contributed by atoms with Crippen LogP contribution in [0.25, 0.3) is 0 Å². The van der Waals surface area contributed by atoms with Gasteiger partial charge in [-0.05, 0) is 36.4 Å². The fourth-order valence-corrected chi connectivity index (χ4v) is 2.48. The Morgan fingerprint density at radius 3 is 2.53 bits per heavy atom. The molecule has 0 unspecified atom stereocenters.